The van der Waals surface area contributed by atoms with E-state index in [2.05, 4.69) is 39.5 Å². The molecule has 0 spiro atoms. The van der Waals surface area contributed by atoms with Crippen LogP contribution in [0.2, 0.25) is 0 Å². The third-order valence-electron chi connectivity index (χ3n) is 3.73. The summed E-state index contributed by atoms with van der Waals surface area (Å²) in [6, 6.07) is 10.4. The molecular formula is C19H31N3O2. The number of carbonyl (C=O) groups is 1. The molecule has 0 aliphatic carbocycles. The first-order chi connectivity index (χ1) is 11.7. The third-order valence-corrected chi connectivity index (χ3v) is 3.73. The number of hydrogen-bond donors (Lipinski definition) is 1. The monoisotopic (exact) mass is 333 g/mol. The summed E-state index contributed by atoms with van der Waals surface area (Å²) in [6.45, 7) is 4.04. The van der Waals surface area contributed by atoms with E-state index in [0.29, 0.717) is 13.0 Å². The lowest BCUT2D eigenvalue weighted by atomic mass is 10.1. The molecule has 0 atom stereocenters. The zero-order chi connectivity index (χ0) is 17.6. The maximum atomic E-state index is 11.2. The van der Waals surface area contributed by atoms with Crippen molar-refractivity contribution in [1.29, 1.82) is 0 Å². The van der Waals surface area contributed by atoms with Crippen molar-refractivity contribution in [3.63, 3.8) is 0 Å². The van der Waals surface area contributed by atoms with E-state index in [-0.39, 0.29) is 5.97 Å². The Hall–Kier alpha value is -2.04. The number of benzene rings is 1. The second-order valence-electron chi connectivity index (χ2n) is 5.78. The first-order valence-electron chi connectivity index (χ1n) is 8.78. The van der Waals surface area contributed by atoms with Crippen LogP contribution in [-0.4, -0.2) is 44.1 Å². The number of ether oxygens (including phenoxy) is 1. The van der Waals surface area contributed by atoms with Crippen LogP contribution in [0.5, 0.6) is 0 Å². The Bertz CT molecular complexity index is 489. The van der Waals surface area contributed by atoms with Gasteiger partial charge in [0.2, 0.25) is 0 Å². The van der Waals surface area contributed by atoms with Gasteiger partial charge in [-0.1, -0.05) is 43.2 Å². The van der Waals surface area contributed by atoms with Crippen molar-refractivity contribution in [2.75, 3.05) is 27.2 Å². The van der Waals surface area contributed by atoms with Crippen molar-refractivity contribution < 1.29 is 9.53 Å². The summed E-state index contributed by atoms with van der Waals surface area (Å²) < 4.78 is 4.92. The van der Waals surface area contributed by atoms with Gasteiger partial charge in [0.05, 0.1) is 6.61 Å². The summed E-state index contributed by atoms with van der Waals surface area (Å²) in [5.41, 5.74) is 1.27. The van der Waals surface area contributed by atoms with Crippen LogP contribution in [0, 0.1) is 0 Å². The van der Waals surface area contributed by atoms with Gasteiger partial charge >= 0.3 is 5.97 Å². The molecule has 0 aromatic heterocycles. The number of nitrogens with zero attached hydrogens (tertiary/aromatic N) is 2. The zero-order valence-electron chi connectivity index (χ0n) is 15.3. The highest BCUT2D eigenvalue weighted by molar-refractivity contribution is 5.79. The SMILES string of the molecule is CCOC(=O)CCCCCCNC(=NC)N(C)Cc1ccccc1. The van der Waals surface area contributed by atoms with Gasteiger partial charge in [-0.3, -0.25) is 9.79 Å². The second kappa shape index (κ2) is 12.4. The molecule has 0 saturated heterocycles. The zero-order valence-corrected chi connectivity index (χ0v) is 15.3. The van der Waals surface area contributed by atoms with Crippen LogP contribution in [0.3, 0.4) is 0 Å². The van der Waals surface area contributed by atoms with E-state index in [1.54, 1.807) is 0 Å². The van der Waals surface area contributed by atoms with Crippen molar-refractivity contribution in [2.24, 2.45) is 4.99 Å². The molecule has 1 rings (SSSR count). The van der Waals surface area contributed by atoms with Crippen LogP contribution in [-0.2, 0) is 16.1 Å². The van der Waals surface area contributed by atoms with Crippen LogP contribution in [0.4, 0.5) is 0 Å². The molecule has 0 fully saturated rings. The van der Waals surface area contributed by atoms with Gasteiger partial charge in [-0.2, -0.15) is 0 Å². The number of hydrogen-bond acceptors (Lipinski definition) is 3. The van der Waals surface area contributed by atoms with Crippen molar-refractivity contribution in [1.82, 2.24) is 10.2 Å². The summed E-state index contributed by atoms with van der Waals surface area (Å²) in [5.74, 6) is 0.823. The summed E-state index contributed by atoms with van der Waals surface area (Å²) >= 11 is 0. The number of carbonyl (C=O) groups excluding carboxylic acids is 1. The fraction of sp³-hybridized carbons (Fsp3) is 0.579. The van der Waals surface area contributed by atoms with E-state index in [9.17, 15) is 4.79 Å². The smallest absolute Gasteiger partial charge is 0.305 e. The van der Waals surface area contributed by atoms with Gasteiger partial charge in [-0.25, -0.2) is 0 Å². The number of unbranched alkanes of at least 4 members (excludes halogenated alkanes) is 3. The lowest BCUT2D eigenvalue weighted by molar-refractivity contribution is -0.143. The van der Waals surface area contributed by atoms with Crippen LogP contribution in [0.25, 0.3) is 0 Å². The largest absolute Gasteiger partial charge is 0.466 e. The Balaban J connectivity index is 2.15. The van der Waals surface area contributed by atoms with Crippen molar-refractivity contribution in [2.45, 2.75) is 45.6 Å². The second-order valence-corrected chi connectivity index (χ2v) is 5.78. The van der Waals surface area contributed by atoms with Gasteiger partial charge in [0, 0.05) is 33.6 Å². The quantitative estimate of drug-likeness (QED) is 0.309. The Morgan fingerprint density at radius 2 is 1.88 bits per heavy atom. The van der Waals surface area contributed by atoms with Crippen molar-refractivity contribution in [3.05, 3.63) is 35.9 Å². The number of rotatable bonds is 10. The number of esters is 1. The first-order valence-corrected chi connectivity index (χ1v) is 8.78. The van der Waals surface area contributed by atoms with Gasteiger partial charge in [0.25, 0.3) is 0 Å². The minimum absolute atomic E-state index is 0.0847. The molecule has 0 bridgehead atoms. The molecule has 0 radical (unpaired) electrons. The van der Waals surface area contributed by atoms with E-state index in [1.807, 2.05) is 27.1 Å². The van der Waals surface area contributed by atoms with Crippen molar-refractivity contribution in [3.8, 4) is 0 Å². The highest BCUT2D eigenvalue weighted by atomic mass is 16.5. The molecule has 0 heterocycles. The van der Waals surface area contributed by atoms with Gasteiger partial charge in [0.15, 0.2) is 5.96 Å². The van der Waals surface area contributed by atoms with Gasteiger partial charge in [-0.15, -0.1) is 0 Å². The van der Waals surface area contributed by atoms with Crippen LogP contribution in [0.1, 0.15) is 44.6 Å². The van der Waals surface area contributed by atoms with E-state index in [0.717, 1.165) is 44.7 Å². The van der Waals surface area contributed by atoms with E-state index in [1.165, 1.54) is 5.56 Å². The molecule has 0 amide bonds. The van der Waals surface area contributed by atoms with Gasteiger partial charge < -0.3 is 15.0 Å². The Labute approximate surface area is 146 Å². The van der Waals surface area contributed by atoms with Crippen LogP contribution >= 0.6 is 0 Å². The Morgan fingerprint density at radius 3 is 2.54 bits per heavy atom. The molecule has 24 heavy (non-hydrogen) atoms. The Morgan fingerprint density at radius 1 is 1.17 bits per heavy atom. The van der Waals surface area contributed by atoms with E-state index in [4.69, 9.17) is 4.74 Å². The lowest BCUT2D eigenvalue weighted by Gasteiger charge is -2.22. The molecule has 0 saturated carbocycles. The predicted octanol–water partition coefficient (Wildman–Crippen LogP) is 3.21. The highest BCUT2D eigenvalue weighted by Crippen LogP contribution is 2.05. The topological polar surface area (TPSA) is 53.9 Å². The molecule has 134 valence electrons. The summed E-state index contributed by atoms with van der Waals surface area (Å²) in [5, 5.41) is 3.39. The molecule has 1 N–H and O–H groups in total. The summed E-state index contributed by atoms with van der Waals surface area (Å²) in [4.78, 5) is 17.7. The van der Waals surface area contributed by atoms with Gasteiger partial charge in [0.1, 0.15) is 0 Å². The average Bonchev–Trinajstić information content (AvgIpc) is 2.58. The summed E-state index contributed by atoms with van der Waals surface area (Å²) in [6.07, 6.45) is 4.66. The minimum atomic E-state index is -0.0847. The molecule has 0 aliphatic rings. The van der Waals surface area contributed by atoms with Crippen molar-refractivity contribution >= 4 is 11.9 Å². The highest BCUT2D eigenvalue weighted by Gasteiger charge is 2.06. The maximum Gasteiger partial charge on any atom is 0.305 e. The van der Waals surface area contributed by atoms with Crippen LogP contribution in [0.15, 0.2) is 35.3 Å². The maximum absolute atomic E-state index is 11.2. The number of nitrogens with one attached hydrogen (secondary N) is 1. The fourth-order valence-corrected chi connectivity index (χ4v) is 2.50. The molecule has 1 aromatic rings. The van der Waals surface area contributed by atoms with Crippen LogP contribution < -0.4 is 5.32 Å². The van der Waals surface area contributed by atoms with E-state index >= 15 is 0 Å². The molecule has 5 heteroatoms. The normalized spacial score (nSPS) is 11.2. The lowest BCUT2D eigenvalue weighted by Crippen LogP contribution is -2.38. The first kappa shape index (κ1) is 20.0. The third kappa shape index (κ3) is 8.56. The number of guanidine groups is 1. The van der Waals surface area contributed by atoms with E-state index < -0.39 is 0 Å². The predicted molar refractivity (Wildman–Crippen MR) is 99.0 cm³/mol. The minimum Gasteiger partial charge on any atom is -0.466 e. The fourth-order valence-electron chi connectivity index (χ4n) is 2.50. The molecule has 5 nitrogen and oxygen atoms in total. The standard InChI is InChI=1S/C19H31N3O2/c1-4-24-18(23)14-10-5-6-11-15-21-19(20-2)22(3)16-17-12-8-7-9-13-17/h7-9,12-13H,4-6,10-11,14-16H2,1-3H3,(H,20,21). The van der Waals surface area contributed by atoms with Gasteiger partial charge in [-0.05, 0) is 25.3 Å². The summed E-state index contributed by atoms with van der Waals surface area (Å²) in [7, 11) is 3.85. The number of aliphatic imine (C=N–C) groups is 1. The molecule has 0 unspecified atom stereocenters. The average molecular weight is 333 g/mol. The Kier molecular flexibility index (Phi) is 10.3. The molecule has 0 aliphatic heterocycles. The molecular weight excluding hydrogens is 302 g/mol. The molecule has 1 aromatic carbocycles.